The summed E-state index contributed by atoms with van der Waals surface area (Å²) in [5.41, 5.74) is 6.51. The van der Waals surface area contributed by atoms with E-state index < -0.39 is 0 Å². The number of nitrogens with two attached hydrogens (primary N) is 1. The lowest BCUT2D eigenvalue weighted by Crippen LogP contribution is -2.09. The average molecular weight is 164 g/mol. The molecule has 2 N–H and O–H groups in total. The third-order valence-electron chi connectivity index (χ3n) is 1.42. The van der Waals surface area contributed by atoms with Gasteiger partial charge in [0.1, 0.15) is 6.42 Å². The number of nitriles is 1. The second-order valence-corrected chi connectivity index (χ2v) is 2.34. The third-order valence-corrected chi connectivity index (χ3v) is 1.42. The zero-order valence-electron chi connectivity index (χ0n) is 6.61. The van der Waals surface area contributed by atoms with Crippen LogP contribution in [0.1, 0.15) is 16.9 Å². The number of aromatic nitrogens is 2. The van der Waals surface area contributed by atoms with E-state index in [-0.39, 0.29) is 12.3 Å². The van der Waals surface area contributed by atoms with Gasteiger partial charge in [-0.1, -0.05) is 0 Å². The molecule has 62 valence electrons. The molecular weight excluding hydrogens is 156 g/mol. The molecule has 0 fully saturated rings. The van der Waals surface area contributed by atoms with Crippen molar-refractivity contribution in [3.8, 4) is 6.07 Å². The van der Waals surface area contributed by atoms with E-state index in [2.05, 4.69) is 5.10 Å². The fourth-order valence-corrected chi connectivity index (χ4v) is 0.750. The van der Waals surface area contributed by atoms with Gasteiger partial charge < -0.3 is 5.73 Å². The van der Waals surface area contributed by atoms with Gasteiger partial charge in [-0.05, 0) is 6.92 Å². The highest BCUT2D eigenvalue weighted by atomic mass is 16.2. The predicted octanol–water partition coefficient (Wildman–Crippen LogP) is 0.328. The molecule has 0 aromatic carbocycles. The molecule has 1 rings (SSSR count). The van der Waals surface area contributed by atoms with Gasteiger partial charge in [0.25, 0.3) is 5.91 Å². The minimum absolute atomic E-state index is 0.180. The first-order chi connectivity index (χ1) is 5.65. The Morgan fingerprint density at radius 2 is 2.58 bits per heavy atom. The van der Waals surface area contributed by atoms with Gasteiger partial charge in [-0.25, -0.2) is 4.68 Å². The molecule has 0 atom stereocenters. The van der Waals surface area contributed by atoms with Crippen LogP contribution in [0.2, 0.25) is 0 Å². The monoisotopic (exact) mass is 164 g/mol. The summed E-state index contributed by atoms with van der Waals surface area (Å²) in [6, 6.07) is 1.74. The number of nitrogens with zero attached hydrogens (tertiary/aromatic N) is 3. The molecule has 0 saturated heterocycles. The first kappa shape index (κ1) is 8.27. The van der Waals surface area contributed by atoms with Gasteiger partial charge in [0.15, 0.2) is 0 Å². The van der Waals surface area contributed by atoms with Crippen molar-refractivity contribution < 1.29 is 4.79 Å². The quantitative estimate of drug-likeness (QED) is 0.648. The van der Waals surface area contributed by atoms with Crippen molar-refractivity contribution >= 4 is 11.6 Å². The standard InChI is InChI=1S/C7H8N4O/c1-5-6(9)4-11(10-5)7(12)2-3-8/h4H,2,9H2,1H3. The van der Waals surface area contributed by atoms with Crippen LogP contribution >= 0.6 is 0 Å². The molecule has 0 bridgehead atoms. The molecule has 0 unspecified atom stereocenters. The minimum Gasteiger partial charge on any atom is -0.396 e. The number of nitrogen functional groups attached to an aromatic ring is 1. The second kappa shape index (κ2) is 3.05. The Balaban J connectivity index is 2.91. The maximum Gasteiger partial charge on any atom is 0.261 e. The number of hydrogen-bond acceptors (Lipinski definition) is 4. The molecule has 12 heavy (non-hydrogen) atoms. The topological polar surface area (TPSA) is 84.7 Å². The summed E-state index contributed by atoms with van der Waals surface area (Å²) in [6.07, 6.45) is 1.23. The van der Waals surface area contributed by atoms with Gasteiger partial charge >= 0.3 is 0 Å². The first-order valence-electron chi connectivity index (χ1n) is 3.37. The SMILES string of the molecule is Cc1nn(C(=O)CC#N)cc1N. The van der Waals surface area contributed by atoms with Gasteiger partial charge in [-0.15, -0.1) is 0 Å². The van der Waals surface area contributed by atoms with Gasteiger partial charge in [0.05, 0.1) is 23.6 Å². The number of carbonyl (C=O) groups is 1. The van der Waals surface area contributed by atoms with Crippen molar-refractivity contribution in [2.24, 2.45) is 0 Å². The van der Waals surface area contributed by atoms with Crippen molar-refractivity contribution in [1.82, 2.24) is 9.78 Å². The lowest BCUT2D eigenvalue weighted by Gasteiger charge is -1.91. The average Bonchev–Trinajstić information content (AvgIpc) is 2.33. The Labute approximate surface area is 69.4 Å². The van der Waals surface area contributed by atoms with Crippen LogP contribution in [0.3, 0.4) is 0 Å². The number of rotatable bonds is 1. The molecule has 0 amide bonds. The number of hydrogen-bond donors (Lipinski definition) is 1. The fraction of sp³-hybridized carbons (Fsp3) is 0.286. The molecule has 0 aliphatic rings. The molecule has 0 spiro atoms. The summed E-state index contributed by atoms with van der Waals surface area (Å²) in [7, 11) is 0. The van der Waals surface area contributed by atoms with Gasteiger partial charge in [0.2, 0.25) is 0 Å². The van der Waals surface area contributed by atoms with E-state index in [9.17, 15) is 4.79 Å². The van der Waals surface area contributed by atoms with Crippen molar-refractivity contribution in [3.05, 3.63) is 11.9 Å². The normalized spacial score (nSPS) is 9.33. The smallest absolute Gasteiger partial charge is 0.261 e. The Morgan fingerprint density at radius 1 is 1.92 bits per heavy atom. The molecule has 1 aromatic heterocycles. The zero-order valence-corrected chi connectivity index (χ0v) is 6.61. The molecule has 5 heteroatoms. The highest BCUT2D eigenvalue weighted by Gasteiger charge is 2.07. The number of anilines is 1. The maximum absolute atomic E-state index is 11.0. The van der Waals surface area contributed by atoms with Crippen LogP contribution in [-0.4, -0.2) is 15.7 Å². The van der Waals surface area contributed by atoms with Crippen LogP contribution in [0.15, 0.2) is 6.20 Å². The third kappa shape index (κ3) is 1.42. The highest BCUT2D eigenvalue weighted by molar-refractivity contribution is 5.80. The molecular formula is C7H8N4O. The van der Waals surface area contributed by atoms with Crippen molar-refractivity contribution in [2.45, 2.75) is 13.3 Å². The second-order valence-electron chi connectivity index (χ2n) is 2.34. The number of aryl methyl sites for hydroxylation is 1. The summed E-state index contributed by atoms with van der Waals surface area (Å²) in [6.45, 7) is 1.70. The van der Waals surface area contributed by atoms with Crippen LogP contribution in [0.5, 0.6) is 0 Å². The van der Waals surface area contributed by atoms with Crippen LogP contribution in [0, 0.1) is 18.3 Å². The van der Waals surface area contributed by atoms with Crippen molar-refractivity contribution in [3.63, 3.8) is 0 Å². The van der Waals surface area contributed by atoms with E-state index >= 15 is 0 Å². The molecule has 0 aliphatic heterocycles. The molecule has 0 radical (unpaired) electrons. The van der Waals surface area contributed by atoms with Gasteiger partial charge in [0, 0.05) is 0 Å². The Bertz CT molecular complexity index is 327. The van der Waals surface area contributed by atoms with E-state index in [0.29, 0.717) is 11.4 Å². The van der Waals surface area contributed by atoms with Crippen LogP contribution in [0.25, 0.3) is 0 Å². The Kier molecular flexibility index (Phi) is 2.10. The molecule has 5 nitrogen and oxygen atoms in total. The summed E-state index contributed by atoms with van der Waals surface area (Å²) < 4.78 is 1.09. The molecule has 1 aromatic rings. The molecule has 0 aliphatic carbocycles. The van der Waals surface area contributed by atoms with Crippen molar-refractivity contribution in [2.75, 3.05) is 5.73 Å². The van der Waals surface area contributed by atoms with Gasteiger partial charge in [-0.2, -0.15) is 10.4 Å². The maximum atomic E-state index is 11.0. The van der Waals surface area contributed by atoms with Crippen LogP contribution in [-0.2, 0) is 0 Å². The summed E-state index contributed by atoms with van der Waals surface area (Å²) >= 11 is 0. The summed E-state index contributed by atoms with van der Waals surface area (Å²) in [4.78, 5) is 11.0. The minimum atomic E-state index is -0.364. The predicted molar refractivity (Wildman–Crippen MR) is 42.2 cm³/mol. The van der Waals surface area contributed by atoms with Crippen LogP contribution < -0.4 is 5.73 Å². The van der Waals surface area contributed by atoms with E-state index in [4.69, 9.17) is 11.0 Å². The van der Waals surface area contributed by atoms with E-state index in [1.807, 2.05) is 0 Å². The molecule has 1 heterocycles. The fourth-order valence-electron chi connectivity index (χ4n) is 0.750. The highest BCUT2D eigenvalue weighted by Crippen LogP contribution is 2.06. The van der Waals surface area contributed by atoms with Gasteiger partial charge in [-0.3, -0.25) is 4.79 Å². The van der Waals surface area contributed by atoms with E-state index in [1.165, 1.54) is 6.20 Å². The lowest BCUT2D eigenvalue weighted by atomic mass is 10.4. The molecule has 0 saturated carbocycles. The number of carbonyl (C=O) groups excluding carboxylic acids is 1. The largest absolute Gasteiger partial charge is 0.396 e. The van der Waals surface area contributed by atoms with E-state index in [0.717, 1.165) is 4.68 Å². The summed E-state index contributed by atoms with van der Waals surface area (Å²) in [5.74, 6) is -0.364. The summed E-state index contributed by atoms with van der Waals surface area (Å²) in [5, 5.41) is 12.1. The van der Waals surface area contributed by atoms with E-state index in [1.54, 1.807) is 13.0 Å². The lowest BCUT2D eigenvalue weighted by molar-refractivity contribution is 0.0903. The Hall–Kier alpha value is -1.83. The zero-order chi connectivity index (χ0) is 9.14. The first-order valence-corrected chi connectivity index (χ1v) is 3.37. The van der Waals surface area contributed by atoms with Crippen LogP contribution in [0.4, 0.5) is 5.69 Å². The Morgan fingerprint density at radius 3 is 3.00 bits per heavy atom. The van der Waals surface area contributed by atoms with Crippen molar-refractivity contribution in [1.29, 1.82) is 5.26 Å².